The van der Waals surface area contributed by atoms with E-state index in [1.54, 1.807) is 12.1 Å². The molecule has 1 aromatic carbocycles. The molecule has 0 atom stereocenters. The summed E-state index contributed by atoms with van der Waals surface area (Å²) in [6, 6.07) is 5.99. The van der Waals surface area contributed by atoms with Gasteiger partial charge in [-0.05, 0) is 23.6 Å². The first-order chi connectivity index (χ1) is 6.29. The fourth-order valence-corrected chi connectivity index (χ4v) is 1.19. The van der Waals surface area contributed by atoms with E-state index in [1.165, 1.54) is 18.3 Å². The number of rotatable bonds is 1. The molecule has 2 nitrogen and oxygen atoms in total. The number of carbonyl (C=O) groups excluding carboxylic acids is 1. The summed E-state index contributed by atoms with van der Waals surface area (Å²) in [6.45, 7) is 0. The van der Waals surface area contributed by atoms with Gasteiger partial charge in [0.15, 0.2) is 6.29 Å². The van der Waals surface area contributed by atoms with E-state index in [0.29, 0.717) is 17.4 Å². The summed E-state index contributed by atoms with van der Waals surface area (Å²) < 4.78 is 12.7. The van der Waals surface area contributed by atoms with Crippen LogP contribution in [0.3, 0.4) is 0 Å². The van der Waals surface area contributed by atoms with Gasteiger partial charge in [-0.3, -0.25) is 9.78 Å². The number of benzene rings is 1. The van der Waals surface area contributed by atoms with E-state index in [2.05, 4.69) is 4.98 Å². The second-order valence-electron chi connectivity index (χ2n) is 2.72. The molecule has 0 unspecified atom stereocenters. The number of aromatic nitrogens is 1. The molecule has 0 amide bonds. The molecule has 64 valence electrons. The SMILES string of the molecule is O=Cc1cc2ccc(F)cc2cn1. The Morgan fingerprint density at radius 2 is 2.08 bits per heavy atom. The van der Waals surface area contributed by atoms with Gasteiger partial charge >= 0.3 is 0 Å². The van der Waals surface area contributed by atoms with Gasteiger partial charge in [0.05, 0.1) is 0 Å². The van der Waals surface area contributed by atoms with Crippen LogP contribution >= 0.6 is 0 Å². The van der Waals surface area contributed by atoms with Crippen LogP contribution in [0.25, 0.3) is 10.8 Å². The van der Waals surface area contributed by atoms with Gasteiger partial charge in [-0.25, -0.2) is 4.39 Å². The minimum atomic E-state index is -0.298. The fourth-order valence-electron chi connectivity index (χ4n) is 1.19. The van der Waals surface area contributed by atoms with Crippen LogP contribution in [-0.4, -0.2) is 11.3 Å². The van der Waals surface area contributed by atoms with Crippen LogP contribution in [0.15, 0.2) is 30.5 Å². The first-order valence-electron chi connectivity index (χ1n) is 3.80. The molecule has 0 fully saturated rings. The van der Waals surface area contributed by atoms with E-state index >= 15 is 0 Å². The zero-order valence-electron chi connectivity index (χ0n) is 6.70. The third kappa shape index (κ3) is 1.40. The predicted octanol–water partition coefficient (Wildman–Crippen LogP) is 2.19. The van der Waals surface area contributed by atoms with E-state index < -0.39 is 0 Å². The van der Waals surface area contributed by atoms with Crippen LogP contribution < -0.4 is 0 Å². The number of nitrogens with zero attached hydrogens (tertiary/aromatic N) is 1. The predicted molar refractivity (Wildman–Crippen MR) is 47.1 cm³/mol. The van der Waals surface area contributed by atoms with Crippen LogP contribution in [0.2, 0.25) is 0 Å². The van der Waals surface area contributed by atoms with E-state index in [0.717, 1.165) is 5.39 Å². The molecule has 0 aliphatic heterocycles. The van der Waals surface area contributed by atoms with Crippen molar-refractivity contribution in [1.29, 1.82) is 0 Å². The molecule has 2 rings (SSSR count). The Morgan fingerprint density at radius 3 is 2.85 bits per heavy atom. The van der Waals surface area contributed by atoms with Crippen molar-refractivity contribution in [3.63, 3.8) is 0 Å². The van der Waals surface area contributed by atoms with Crippen LogP contribution in [0.4, 0.5) is 4.39 Å². The van der Waals surface area contributed by atoms with Crippen LogP contribution in [0, 0.1) is 5.82 Å². The zero-order valence-corrected chi connectivity index (χ0v) is 6.70. The molecule has 2 aromatic rings. The summed E-state index contributed by atoms with van der Waals surface area (Å²) in [4.78, 5) is 14.2. The van der Waals surface area contributed by atoms with E-state index in [-0.39, 0.29) is 5.82 Å². The van der Waals surface area contributed by atoms with Crippen molar-refractivity contribution < 1.29 is 9.18 Å². The molecule has 3 heteroatoms. The highest BCUT2D eigenvalue weighted by Gasteiger charge is 1.97. The lowest BCUT2D eigenvalue weighted by atomic mass is 10.1. The topological polar surface area (TPSA) is 30.0 Å². The minimum absolute atomic E-state index is 0.298. The Balaban J connectivity index is 2.73. The average Bonchev–Trinajstić information content (AvgIpc) is 2.17. The van der Waals surface area contributed by atoms with Crippen molar-refractivity contribution in [2.24, 2.45) is 0 Å². The van der Waals surface area contributed by atoms with Gasteiger partial charge in [0.25, 0.3) is 0 Å². The maximum Gasteiger partial charge on any atom is 0.168 e. The summed E-state index contributed by atoms with van der Waals surface area (Å²) in [5.41, 5.74) is 0.360. The van der Waals surface area contributed by atoms with Gasteiger partial charge in [0.2, 0.25) is 0 Å². The smallest absolute Gasteiger partial charge is 0.168 e. The van der Waals surface area contributed by atoms with Crippen molar-refractivity contribution in [1.82, 2.24) is 4.98 Å². The van der Waals surface area contributed by atoms with Gasteiger partial charge in [-0.2, -0.15) is 0 Å². The maximum absolute atomic E-state index is 12.7. The first-order valence-corrected chi connectivity index (χ1v) is 3.80. The molecule has 0 aliphatic rings. The number of carbonyl (C=O) groups is 1. The van der Waals surface area contributed by atoms with Crippen LogP contribution in [-0.2, 0) is 0 Å². The first kappa shape index (κ1) is 7.86. The Kier molecular flexibility index (Phi) is 1.77. The largest absolute Gasteiger partial charge is 0.296 e. The molecule has 0 saturated carbocycles. The normalized spacial score (nSPS) is 10.2. The number of aldehydes is 1. The molecule has 13 heavy (non-hydrogen) atoms. The molecule has 0 saturated heterocycles. The molecular weight excluding hydrogens is 169 g/mol. The second-order valence-corrected chi connectivity index (χ2v) is 2.72. The number of pyridine rings is 1. The molecule has 0 bridgehead atoms. The van der Waals surface area contributed by atoms with E-state index in [9.17, 15) is 9.18 Å². The summed E-state index contributed by atoms with van der Waals surface area (Å²) in [6.07, 6.45) is 2.16. The van der Waals surface area contributed by atoms with Crippen molar-refractivity contribution in [2.75, 3.05) is 0 Å². The monoisotopic (exact) mass is 175 g/mol. The number of hydrogen-bond acceptors (Lipinski definition) is 2. The minimum Gasteiger partial charge on any atom is -0.296 e. The van der Waals surface area contributed by atoms with Crippen molar-refractivity contribution in [2.45, 2.75) is 0 Å². The van der Waals surface area contributed by atoms with Crippen LogP contribution in [0.1, 0.15) is 10.5 Å². The fraction of sp³-hybridized carbons (Fsp3) is 0. The molecule has 0 N–H and O–H groups in total. The molecule has 1 heterocycles. The quantitative estimate of drug-likeness (QED) is 0.622. The summed E-state index contributed by atoms with van der Waals surface area (Å²) in [7, 11) is 0. The van der Waals surface area contributed by atoms with Gasteiger partial charge in [0, 0.05) is 11.6 Å². The zero-order chi connectivity index (χ0) is 9.26. The maximum atomic E-state index is 12.7. The summed E-state index contributed by atoms with van der Waals surface area (Å²) >= 11 is 0. The molecule has 0 aliphatic carbocycles. The average molecular weight is 175 g/mol. The van der Waals surface area contributed by atoms with Crippen molar-refractivity contribution in [3.05, 3.63) is 42.0 Å². The molecule has 0 radical (unpaired) electrons. The Morgan fingerprint density at radius 1 is 1.23 bits per heavy atom. The van der Waals surface area contributed by atoms with Gasteiger partial charge < -0.3 is 0 Å². The highest BCUT2D eigenvalue weighted by atomic mass is 19.1. The third-order valence-corrected chi connectivity index (χ3v) is 1.83. The number of fused-ring (bicyclic) bond motifs is 1. The third-order valence-electron chi connectivity index (χ3n) is 1.83. The van der Waals surface area contributed by atoms with E-state index in [1.807, 2.05) is 0 Å². The number of halogens is 1. The summed E-state index contributed by atoms with van der Waals surface area (Å²) in [5.74, 6) is -0.298. The standard InChI is InChI=1S/C10H6FNO/c11-9-2-1-7-4-10(6-13)12-5-8(7)3-9/h1-6H. The lowest BCUT2D eigenvalue weighted by Crippen LogP contribution is -1.86. The Hall–Kier alpha value is -1.77. The Bertz CT molecular complexity index is 467. The summed E-state index contributed by atoms with van der Waals surface area (Å²) in [5, 5.41) is 1.52. The molecule has 1 aromatic heterocycles. The Labute approximate surface area is 74.0 Å². The van der Waals surface area contributed by atoms with Gasteiger partial charge in [0.1, 0.15) is 11.5 Å². The number of hydrogen-bond donors (Lipinski definition) is 0. The van der Waals surface area contributed by atoms with Crippen molar-refractivity contribution in [3.8, 4) is 0 Å². The molecular formula is C10H6FNO. The van der Waals surface area contributed by atoms with Crippen LogP contribution in [0.5, 0.6) is 0 Å². The van der Waals surface area contributed by atoms with E-state index in [4.69, 9.17) is 0 Å². The highest BCUT2D eigenvalue weighted by molar-refractivity contribution is 5.86. The van der Waals surface area contributed by atoms with Gasteiger partial charge in [-0.15, -0.1) is 0 Å². The lowest BCUT2D eigenvalue weighted by molar-refractivity contribution is 0.111. The highest BCUT2D eigenvalue weighted by Crippen LogP contribution is 2.14. The second kappa shape index (κ2) is 2.94. The van der Waals surface area contributed by atoms with Gasteiger partial charge in [-0.1, -0.05) is 6.07 Å². The van der Waals surface area contributed by atoms with Crippen molar-refractivity contribution >= 4 is 17.1 Å². The lowest BCUT2D eigenvalue weighted by Gasteiger charge is -1.97. The molecule has 0 spiro atoms.